The minimum atomic E-state index is 0.313. The molecule has 0 saturated heterocycles. The minimum absolute atomic E-state index is 0.313. The lowest BCUT2D eigenvalue weighted by Gasteiger charge is -2.41. The second-order valence-corrected chi connectivity index (χ2v) is 6.82. The Morgan fingerprint density at radius 3 is 2.53 bits per heavy atom. The predicted octanol–water partition coefficient (Wildman–Crippen LogP) is 2.87. The molecule has 0 heterocycles. The molecule has 2 rings (SSSR count). The van der Waals surface area contributed by atoms with Crippen LogP contribution in [0.25, 0.3) is 0 Å². The van der Waals surface area contributed by atoms with Crippen LogP contribution < -0.4 is 5.73 Å². The normalized spacial score (nSPS) is 42.5. The maximum Gasteiger partial charge on any atom is 0.0328 e. The summed E-state index contributed by atoms with van der Waals surface area (Å²) in [6.07, 6.45) is 8.18. The highest BCUT2D eigenvalue weighted by Crippen LogP contribution is 2.41. The molecule has 4 unspecified atom stereocenters. The Morgan fingerprint density at radius 2 is 1.94 bits per heavy atom. The van der Waals surface area contributed by atoms with Gasteiger partial charge in [0.1, 0.15) is 0 Å². The van der Waals surface area contributed by atoms with Crippen molar-refractivity contribution in [2.24, 2.45) is 23.5 Å². The van der Waals surface area contributed by atoms with Gasteiger partial charge in [-0.05, 0) is 50.5 Å². The molecule has 4 atom stereocenters. The predicted molar refractivity (Wildman–Crippen MR) is 73.9 cm³/mol. The number of likely N-dealkylation sites (N-methyl/N-ethyl adjacent to an activating group) is 1. The van der Waals surface area contributed by atoms with E-state index >= 15 is 0 Å². The average Bonchev–Trinajstić information content (AvgIpc) is 3.02. The van der Waals surface area contributed by atoms with Crippen LogP contribution >= 0.6 is 0 Å². The standard InChI is InChI=1S/C15H30N2/c1-12-5-4-7-15(11-16,8-6-12)17(3)10-14-9-13(14)2/h12-14H,4-11,16H2,1-3H3. The molecule has 100 valence electrons. The van der Waals surface area contributed by atoms with Crippen molar-refractivity contribution in [2.45, 2.75) is 57.9 Å². The third-order valence-electron chi connectivity index (χ3n) is 5.42. The summed E-state index contributed by atoms with van der Waals surface area (Å²) in [7, 11) is 2.31. The van der Waals surface area contributed by atoms with E-state index in [0.29, 0.717) is 5.54 Å². The number of hydrogen-bond donors (Lipinski definition) is 1. The average molecular weight is 238 g/mol. The zero-order chi connectivity index (χ0) is 12.5. The highest BCUT2D eigenvalue weighted by molar-refractivity contribution is 4.95. The van der Waals surface area contributed by atoms with Gasteiger partial charge in [-0.1, -0.05) is 26.7 Å². The Kier molecular flexibility index (Phi) is 4.14. The summed E-state index contributed by atoms with van der Waals surface area (Å²) in [5, 5.41) is 0. The van der Waals surface area contributed by atoms with Gasteiger partial charge >= 0.3 is 0 Å². The van der Waals surface area contributed by atoms with E-state index in [0.717, 1.165) is 24.3 Å². The minimum Gasteiger partial charge on any atom is -0.329 e. The third-order valence-corrected chi connectivity index (χ3v) is 5.42. The molecule has 2 heteroatoms. The molecular weight excluding hydrogens is 208 g/mol. The summed E-state index contributed by atoms with van der Waals surface area (Å²) < 4.78 is 0. The molecule has 0 amide bonds. The molecule has 0 aliphatic heterocycles. The second kappa shape index (κ2) is 5.27. The summed E-state index contributed by atoms with van der Waals surface area (Å²) in [5.74, 6) is 2.80. The van der Waals surface area contributed by atoms with E-state index in [2.05, 4.69) is 25.8 Å². The molecule has 0 aromatic heterocycles. The topological polar surface area (TPSA) is 29.3 Å². The maximum absolute atomic E-state index is 6.14. The molecule has 0 radical (unpaired) electrons. The first-order chi connectivity index (χ1) is 8.07. The molecule has 2 nitrogen and oxygen atoms in total. The van der Waals surface area contributed by atoms with Gasteiger partial charge in [-0.3, -0.25) is 4.90 Å². The quantitative estimate of drug-likeness (QED) is 0.763. The van der Waals surface area contributed by atoms with Crippen LogP contribution in [0.4, 0.5) is 0 Å². The van der Waals surface area contributed by atoms with Gasteiger partial charge < -0.3 is 5.73 Å². The van der Waals surface area contributed by atoms with Gasteiger partial charge in [-0.25, -0.2) is 0 Å². The fourth-order valence-electron chi connectivity index (χ4n) is 3.50. The highest BCUT2D eigenvalue weighted by atomic mass is 15.2. The van der Waals surface area contributed by atoms with Gasteiger partial charge in [-0.15, -0.1) is 0 Å². The fourth-order valence-corrected chi connectivity index (χ4v) is 3.50. The van der Waals surface area contributed by atoms with Gasteiger partial charge in [0.25, 0.3) is 0 Å². The van der Waals surface area contributed by atoms with E-state index in [9.17, 15) is 0 Å². The zero-order valence-corrected chi connectivity index (χ0v) is 11.9. The number of nitrogens with two attached hydrogens (primary N) is 1. The smallest absolute Gasteiger partial charge is 0.0328 e. The van der Waals surface area contributed by atoms with Crippen LogP contribution in [-0.4, -0.2) is 30.6 Å². The lowest BCUT2D eigenvalue weighted by atomic mass is 9.88. The van der Waals surface area contributed by atoms with Crippen molar-refractivity contribution >= 4 is 0 Å². The van der Waals surface area contributed by atoms with Crippen LogP contribution in [0.3, 0.4) is 0 Å². The Labute approximate surface area is 107 Å². The van der Waals surface area contributed by atoms with Crippen LogP contribution in [0.2, 0.25) is 0 Å². The van der Waals surface area contributed by atoms with Crippen molar-refractivity contribution in [3.05, 3.63) is 0 Å². The maximum atomic E-state index is 6.14. The van der Waals surface area contributed by atoms with Crippen LogP contribution in [0.5, 0.6) is 0 Å². The van der Waals surface area contributed by atoms with E-state index < -0.39 is 0 Å². The summed E-state index contributed by atoms with van der Waals surface area (Å²) >= 11 is 0. The van der Waals surface area contributed by atoms with E-state index in [1.54, 1.807) is 0 Å². The van der Waals surface area contributed by atoms with Crippen molar-refractivity contribution in [1.29, 1.82) is 0 Å². The van der Waals surface area contributed by atoms with Crippen molar-refractivity contribution in [1.82, 2.24) is 4.90 Å². The molecule has 2 N–H and O–H groups in total. The molecule has 2 saturated carbocycles. The van der Waals surface area contributed by atoms with E-state index in [-0.39, 0.29) is 0 Å². The van der Waals surface area contributed by atoms with Crippen LogP contribution in [0.15, 0.2) is 0 Å². The molecule has 0 bridgehead atoms. The van der Waals surface area contributed by atoms with Crippen molar-refractivity contribution in [2.75, 3.05) is 20.1 Å². The van der Waals surface area contributed by atoms with E-state index in [1.165, 1.54) is 45.1 Å². The van der Waals surface area contributed by atoms with Crippen LogP contribution in [-0.2, 0) is 0 Å². The summed E-state index contributed by atoms with van der Waals surface area (Å²) in [5.41, 5.74) is 6.46. The molecule has 0 spiro atoms. The van der Waals surface area contributed by atoms with Gasteiger partial charge in [0.05, 0.1) is 0 Å². The Hall–Kier alpha value is -0.0800. The lowest BCUT2D eigenvalue weighted by molar-refractivity contribution is 0.0996. The third kappa shape index (κ3) is 3.03. The molecule has 2 aliphatic rings. The largest absolute Gasteiger partial charge is 0.329 e. The van der Waals surface area contributed by atoms with Crippen molar-refractivity contribution in [3.63, 3.8) is 0 Å². The Balaban J connectivity index is 1.96. The van der Waals surface area contributed by atoms with Gasteiger partial charge in [0.2, 0.25) is 0 Å². The van der Waals surface area contributed by atoms with Crippen LogP contribution in [0.1, 0.15) is 52.4 Å². The number of rotatable bonds is 4. The lowest BCUT2D eigenvalue weighted by Crippen LogP contribution is -2.52. The van der Waals surface area contributed by atoms with Crippen molar-refractivity contribution in [3.8, 4) is 0 Å². The van der Waals surface area contributed by atoms with Gasteiger partial charge in [0, 0.05) is 18.6 Å². The zero-order valence-electron chi connectivity index (χ0n) is 11.9. The first-order valence-corrected chi connectivity index (χ1v) is 7.49. The van der Waals surface area contributed by atoms with Gasteiger partial charge in [0.15, 0.2) is 0 Å². The van der Waals surface area contributed by atoms with E-state index in [1.807, 2.05) is 0 Å². The molecule has 0 aromatic rings. The van der Waals surface area contributed by atoms with Crippen LogP contribution in [0, 0.1) is 17.8 Å². The number of nitrogens with zero attached hydrogens (tertiary/aromatic N) is 1. The molecular formula is C15H30N2. The second-order valence-electron chi connectivity index (χ2n) is 6.82. The molecule has 0 aromatic carbocycles. The van der Waals surface area contributed by atoms with E-state index in [4.69, 9.17) is 5.73 Å². The number of hydrogen-bond acceptors (Lipinski definition) is 2. The first-order valence-electron chi connectivity index (χ1n) is 7.49. The highest BCUT2D eigenvalue weighted by Gasteiger charge is 2.40. The van der Waals surface area contributed by atoms with Crippen molar-refractivity contribution < 1.29 is 0 Å². The fraction of sp³-hybridized carbons (Fsp3) is 1.00. The molecule has 2 fully saturated rings. The SMILES string of the molecule is CC1CCCC(CN)(N(C)CC2CC2C)CC1. The summed E-state index contributed by atoms with van der Waals surface area (Å²) in [6.45, 7) is 6.89. The monoisotopic (exact) mass is 238 g/mol. The molecule has 2 aliphatic carbocycles. The van der Waals surface area contributed by atoms with Gasteiger partial charge in [-0.2, -0.15) is 0 Å². The first kappa shape index (κ1) is 13.4. The Morgan fingerprint density at radius 1 is 1.24 bits per heavy atom. The molecule has 17 heavy (non-hydrogen) atoms. The Bertz CT molecular complexity index is 253. The summed E-state index contributed by atoms with van der Waals surface area (Å²) in [6, 6.07) is 0. The summed E-state index contributed by atoms with van der Waals surface area (Å²) in [4.78, 5) is 2.61.